The third kappa shape index (κ3) is 1.79. The summed E-state index contributed by atoms with van der Waals surface area (Å²) in [4.78, 5) is 22.3. The fraction of sp³-hybridized carbons (Fsp3) is 0.222. The van der Waals surface area contributed by atoms with E-state index in [4.69, 9.17) is 4.98 Å². The number of aromatic nitrogens is 2. The van der Waals surface area contributed by atoms with Crippen molar-refractivity contribution in [3.63, 3.8) is 0 Å². The van der Waals surface area contributed by atoms with Gasteiger partial charge in [0.05, 0.1) is 22.5 Å². The normalized spacial score (nSPS) is 16.1. The van der Waals surface area contributed by atoms with E-state index >= 15 is 0 Å². The zero-order valence-corrected chi connectivity index (χ0v) is 13.8. The van der Waals surface area contributed by atoms with E-state index in [0.717, 1.165) is 27.9 Å². The number of rotatable bonds is 1. The molecule has 5 heteroatoms. The first kappa shape index (κ1) is 14.1. The molecule has 3 aromatic rings. The number of para-hydroxylation sites is 1. The number of H-pyrrole nitrogens is 1. The molecule has 114 valence electrons. The molecule has 0 spiro atoms. The number of benzene rings is 1. The van der Waals surface area contributed by atoms with Gasteiger partial charge in [0.15, 0.2) is 0 Å². The molecule has 2 aromatic heterocycles. The lowest BCUT2D eigenvalue weighted by molar-refractivity contribution is 0.0688. The van der Waals surface area contributed by atoms with Crippen LogP contribution in [0.25, 0.3) is 22.2 Å². The summed E-state index contributed by atoms with van der Waals surface area (Å²) in [5, 5.41) is 1.16. The molecule has 0 fully saturated rings. The highest BCUT2D eigenvalue weighted by molar-refractivity contribution is 6.38. The molecule has 0 bridgehead atoms. The topological polar surface area (TPSA) is 49.0 Å². The summed E-state index contributed by atoms with van der Waals surface area (Å²) >= 11 is 0. The number of pyridine rings is 1. The molecule has 0 radical (unpaired) electrons. The highest BCUT2D eigenvalue weighted by Gasteiger charge is 2.42. The van der Waals surface area contributed by atoms with Crippen LogP contribution < -0.4 is 5.46 Å². The summed E-state index contributed by atoms with van der Waals surface area (Å²) in [6, 6.07) is 10.1. The lowest BCUT2D eigenvalue weighted by Gasteiger charge is -2.27. The van der Waals surface area contributed by atoms with Crippen LogP contribution in [0.1, 0.15) is 29.9 Å². The maximum atomic E-state index is 12.3. The highest BCUT2D eigenvalue weighted by Crippen LogP contribution is 2.38. The third-order valence-electron chi connectivity index (χ3n) is 5.05. The molecular formula is C18H18BN3O. The van der Waals surface area contributed by atoms with E-state index in [1.807, 2.05) is 39.2 Å². The molecule has 1 N–H and O–H groups in total. The van der Waals surface area contributed by atoms with Gasteiger partial charge in [-0.25, -0.2) is 4.98 Å². The lowest BCUT2D eigenvalue weighted by atomic mass is 9.93. The molecule has 4 nitrogen and oxygen atoms in total. The van der Waals surface area contributed by atoms with Gasteiger partial charge in [0.1, 0.15) is 7.85 Å². The number of hydrogen-bond acceptors (Lipinski definition) is 2. The Bertz CT molecular complexity index is 958. The number of aromatic amines is 1. The first-order chi connectivity index (χ1) is 10.9. The van der Waals surface area contributed by atoms with E-state index in [1.54, 1.807) is 4.90 Å². The SMILES string of the molecule is Bc1cccc2c(-c3ccc4c(n3)C(C)(C)N(C)C4=O)c[nH]c12. The van der Waals surface area contributed by atoms with Crippen LogP contribution in [0.4, 0.5) is 0 Å². The molecule has 1 aliphatic rings. The minimum Gasteiger partial charge on any atom is -0.361 e. The Labute approximate surface area is 135 Å². The molecule has 0 saturated heterocycles. The van der Waals surface area contributed by atoms with Crippen molar-refractivity contribution in [3.05, 3.63) is 47.8 Å². The number of nitrogens with one attached hydrogen (secondary N) is 1. The van der Waals surface area contributed by atoms with Gasteiger partial charge in [0.2, 0.25) is 0 Å². The predicted molar refractivity (Wildman–Crippen MR) is 94.8 cm³/mol. The standard InChI is InChI=1S/C18H18BN3O/c1-18(2)16-11(17(23)22(18)3)7-8-14(21-16)12-9-20-15-10(12)5-4-6-13(15)19/h4-9,20H,19H2,1-3H3. The van der Waals surface area contributed by atoms with E-state index in [9.17, 15) is 4.79 Å². The molecule has 0 unspecified atom stereocenters. The molecule has 0 aliphatic carbocycles. The Morgan fingerprint density at radius 2 is 1.96 bits per heavy atom. The van der Waals surface area contributed by atoms with Gasteiger partial charge < -0.3 is 9.88 Å². The molecule has 1 amide bonds. The number of carbonyl (C=O) groups excluding carboxylic acids is 1. The van der Waals surface area contributed by atoms with Gasteiger partial charge in [-0.1, -0.05) is 23.7 Å². The van der Waals surface area contributed by atoms with Crippen LogP contribution in [-0.4, -0.2) is 35.7 Å². The summed E-state index contributed by atoms with van der Waals surface area (Å²) in [7, 11) is 3.92. The minimum absolute atomic E-state index is 0.0406. The fourth-order valence-corrected chi connectivity index (χ4v) is 3.36. The highest BCUT2D eigenvalue weighted by atomic mass is 16.2. The van der Waals surface area contributed by atoms with Gasteiger partial charge in [-0.05, 0) is 26.0 Å². The molecular weight excluding hydrogens is 285 g/mol. The number of fused-ring (bicyclic) bond motifs is 2. The number of hydrogen-bond donors (Lipinski definition) is 1. The maximum Gasteiger partial charge on any atom is 0.256 e. The van der Waals surface area contributed by atoms with Crippen molar-refractivity contribution < 1.29 is 4.79 Å². The Morgan fingerprint density at radius 1 is 1.17 bits per heavy atom. The van der Waals surface area contributed by atoms with Gasteiger partial charge in [-0.2, -0.15) is 0 Å². The number of amides is 1. The monoisotopic (exact) mass is 303 g/mol. The summed E-state index contributed by atoms with van der Waals surface area (Å²) in [6.07, 6.45) is 2.00. The molecule has 4 rings (SSSR count). The Hall–Kier alpha value is -2.56. The van der Waals surface area contributed by atoms with Gasteiger partial charge in [-0.3, -0.25) is 4.79 Å². The van der Waals surface area contributed by atoms with E-state index in [2.05, 4.69) is 31.0 Å². The maximum absolute atomic E-state index is 12.3. The second kappa shape index (κ2) is 4.48. The number of nitrogens with zero attached hydrogens (tertiary/aromatic N) is 2. The first-order valence-electron chi connectivity index (χ1n) is 7.78. The summed E-state index contributed by atoms with van der Waals surface area (Å²) in [5.74, 6) is 0.0406. The van der Waals surface area contributed by atoms with E-state index < -0.39 is 0 Å². The Morgan fingerprint density at radius 3 is 2.74 bits per heavy atom. The average Bonchev–Trinajstić information content (AvgIpc) is 3.04. The molecule has 1 aliphatic heterocycles. The van der Waals surface area contributed by atoms with Gasteiger partial charge in [-0.15, -0.1) is 0 Å². The number of carbonyl (C=O) groups is 1. The zero-order chi connectivity index (χ0) is 16.4. The second-order valence-electron chi connectivity index (χ2n) is 6.72. The van der Waals surface area contributed by atoms with Crippen molar-refractivity contribution in [2.45, 2.75) is 19.4 Å². The van der Waals surface area contributed by atoms with Crippen LogP contribution in [0, 0.1) is 0 Å². The molecule has 3 heterocycles. The van der Waals surface area contributed by atoms with Crippen molar-refractivity contribution >= 4 is 30.1 Å². The smallest absolute Gasteiger partial charge is 0.256 e. The van der Waals surface area contributed by atoms with Crippen LogP contribution in [0.3, 0.4) is 0 Å². The van der Waals surface area contributed by atoms with Gasteiger partial charge >= 0.3 is 0 Å². The zero-order valence-electron chi connectivity index (χ0n) is 13.8. The van der Waals surface area contributed by atoms with E-state index in [1.165, 1.54) is 5.46 Å². The van der Waals surface area contributed by atoms with Gasteiger partial charge in [0.25, 0.3) is 5.91 Å². The Balaban J connectivity index is 1.94. The van der Waals surface area contributed by atoms with Crippen LogP contribution in [0.15, 0.2) is 36.5 Å². The predicted octanol–water partition coefficient (Wildman–Crippen LogP) is 1.81. The van der Waals surface area contributed by atoms with Crippen LogP contribution in [0.5, 0.6) is 0 Å². The molecule has 1 aromatic carbocycles. The van der Waals surface area contributed by atoms with Crippen molar-refractivity contribution in [1.82, 2.24) is 14.9 Å². The quantitative estimate of drug-likeness (QED) is 0.697. The summed E-state index contributed by atoms with van der Waals surface area (Å²) in [6.45, 7) is 4.07. The van der Waals surface area contributed by atoms with Crippen LogP contribution in [0.2, 0.25) is 0 Å². The molecule has 0 saturated carbocycles. The summed E-state index contributed by atoms with van der Waals surface area (Å²) in [5.41, 5.74) is 5.50. The lowest BCUT2D eigenvalue weighted by Crippen LogP contribution is -2.35. The third-order valence-corrected chi connectivity index (χ3v) is 5.05. The second-order valence-corrected chi connectivity index (χ2v) is 6.72. The largest absolute Gasteiger partial charge is 0.361 e. The minimum atomic E-state index is -0.384. The van der Waals surface area contributed by atoms with E-state index in [-0.39, 0.29) is 11.4 Å². The van der Waals surface area contributed by atoms with Crippen molar-refractivity contribution in [1.29, 1.82) is 0 Å². The summed E-state index contributed by atoms with van der Waals surface area (Å²) < 4.78 is 0. The molecule has 0 atom stereocenters. The van der Waals surface area contributed by atoms with Gasteiger partial charge in [0, 0.05) is 29.7 Å². The Kier molecular flexibility index (Phi) is 2.74. The first-order valence-corrected chi connectivity index (χ1v) is 7.78. The van der Waals surface area contributed by atoms with E-state index in [0.29, 0.717) is 5.56 Å². The van der Waals surface area contributed by atoms with Crippen molar-refractivity contribution in [3.8, 4) is 11.3 Å². The van der Waals surface area contributed by atoms with Crippen molar-refractivity contribution in [2.75, 3.05) is 7.05 Å². The fourth-order valence-electron chi connectivity index (χ4n) is 3.36. The van der Waals surface area contributed by atoms with Crippen LogP contribution in [-0.2, 0) is 5.54 Å². The van der Waals surface area contributed by atoms with Crippen molar-refractivity contribution in [2.24, 2.45) is 0 Å². The molecule has 23 heavy (non-hydrogen) atoms. The van der Waals surface area contributed by atoms with Crippen LogP contribution >= 0.6 is 0 Å². The average molecular weight is 303 g/mol.